The number of nitrogens with one attached hydrogen (secondary N) is 1. The molecule has 3 aromatic rings. The summed E-state index contributed by atoms with van der Waals surface area (Å²) in [6.45, 7) is 9.80. The van der Waals surface area contributed by atoms with E-state index in [2.05, 4.69) is 9.71 Å². The van der Waals surface area contributed by atoms with Crippen LogP contribution in [0, 0.1) is 13.8 Å². The van der Waals surface area contributed by atoms with Crippen LogP contribution in [0.15, 0.2) is 41.3 Å². The fraction of sp³-hybridized carbons (Fsp3) is 0.500. The van der Waals surface area contributed by atoms with E-state index >= 15 is 0 Å². The van der Waals surface area contributed by atoms with Gasteiger partial charge < -0.3 is 18.9 Å². The van der Waals surface area contributed by atoms with Crippen LogP contribution in [-0.4, -0.2) is 86.7 Å². The molecule has 44 heavy (non-hydrogen) atoms. The predicted octanol–water partition coefficient (Wildman–Crippen LogP) is 5.02. The molecule has 6 rings (SSSR count). The number of nitrogens with zero attached hydrogens (tertiary/aromatic N) is 3. The molecular weight excluding hydrogens is 623 g/mol. The highest BCUT2D eigenvalue weighted by Crippen LogP contribution is 2.36. The molecule has 3 aliphatic heterocycles. The zero-order valence-electron chi connectivity index (χ0n) is 25.2. The highest BCUT2D eigenvalue weighted by Gasteiger charge is 2.48. The van der Waals surface area contributed by atoms with Gasteiger partial charge in [0.05, 0.1) is 44.3 Å². The minimum absolute atomic E-state index is 0.0429. The Morgan fingerprint density at radius 2 is 1.77 bits per heavy atom. The minimum Gasteiger partial charge on any atom is -0.487 e. The number of para-hydroxylation sites is 1. The van der Waals surface area contributed by atoms with Crippen molar-refractivity contribution in [3.8, 4) is 5.75 Å². The lowest BCUT2D eigenvalue weighted by atomic mass is 9.89. The Hall–Kier alpha value is -2.47. The third kappa shape index (κ3) is 6.04. The van der Waals surface area contributed by atoms with E-state index < -0.39 is 15.6 Å². The molecule has 0 saturated carbocycles. The van der Waals surface area contributed by atoms with Crippen molar-refractivity contribution in [1.29, 1.82) is 0 Å². The Morgan fingerprint density at radius 1 is 1.07 bits per heavy atom. The maximum atomic E-state index is 14.1. The molecule has 1 amide bonds. The highest BCUT2D eigenvalue weighted by molar-refractivity contribution is 7.89. The molecule has 3 saturated heterocycles. The van der Waals surface area contributed by atoms with Gasteiger partial charge in [0.1, 0.15) is 28.3 Å². The minimum atomic E-state index is -4.24. The molecule has 9 nitrogen and oxygen atoms in total. The molecule has 236 valence electrons. The van der Waals surface area contributed by atoms with Gasteiger partial charge in [0.25, 0.3) is 0 Å². The van der Waals surface area contributed by atoms with E-state index in [1.54, 1.807) is 0 Å². The Labute approximate surface area is 269 Å². The molecule has 0 aliphatic carbocycles. The van der Waals surface area contributed by atoms with Gasteiger partial charge in [-0.05, 0) is 56.5 Å². The molecule has 1 spiro atoms. The van der Waals surface area contributed by atoms with Crippen LogP contribution in [0.5, 0.6) is 5.75 Å². The monoisotopic (exact) mass is 661 g/mol. The number of benzene rings is 2. The second kappa shape index (κ2) is 12.4. The number of sulfonamides is 1. The third-order valence-corrected chi connectivity index (χ3v) is 12.0. The largest absolute Gasteiger partial charge is 0.487 e. The average molecular weight is 663 g/mol. The fourth-order valence-electron chi connectivity index (χ4n) is 6.98. The quantitative estimate of drug-likeness (QED) is 0.357. The number of hydrogen-bond donors (Lipinski definition) is 1. The summed E-state index contributed by atoms with van der Waals surface area (Å²) in [7, 11) is -4.24. The number of hydrogen-bond acceptors (Lipinski definition) is 6. The maximum absolute atomic E-state index is 14.1. The van der Waals surface area contributed by atoms with E-state index in [1.807, 2.05) is 43.0 Å². The molecule has 1 aromatic heterocycles. The van der Waals surface area contributed by atoms with Crippen molar-refractivity contribution in [2.45, 2.75) is 56.6 Å². The predicted molar refractivity (Wildman–Crippen MR) is 171 cm³/mol. The van der Waals surface area contributed by atoms with Gasteiger partial charge in [0.15, 0.2) is 0 Å². The van der Waals surface area contributed by atoms with Gasteiger partial charge in [-0.1, -0.05) is 35.3 Å². The molecular formula is C32H39Cl2N4O5S+. The number of aromatic nitrogens is 1. The number of aryl methyl sites for hydroxylation is 2. The van der Waals surface area contributed by atoms with Crippen LogP contribution in [0.25, 0.3) is 10.9 Å². The molecule has 0 radical (unpaired) electrons. The molecule has 0 bridgehead atoms. The SMILES string of the molecule is Cc1cc(C)c2cccc(OCc3c(Cl)ccc(S(=O)(=O)NC4(C(=O)N5CC[N+]6(CCCC6)CC5)CCOCC4)c3Cl)c2n1. The van der Waals surface area contributed by atoms with Gasteiger partial charge in [0, 0.05) is 47.7 Å². The topological polar surface area (TPSA) is 97.8 Å². The van der Waals surface area contributed by atoms with Crippen LogP contribution in [0.1, 0.15) is 42.5 Å². The number of carbonyl (C=O) groups is 1. The number of halogens is 2. The summed E-state index contributed by atoms with van der Waals surface area (Å²) >= 11 is 13.3. The van der Waals surface area contributed by atoms with Crippen LogP contribution in [0.4, 0.5) is 0 Å². The first-order valence-corrected chi connectivity index (χ1v) is 17.5. The molecule has 4 heterocycles. The maximum Gasteiger partial charge on any atom is 0.244 e. The van der Waals surface area contributed by atoms with E-state index in [4.69, 9.17) is 32.7 Å². The lowest BCUT2D eigenvalue weighted by Gasteiger charge is -2.45. The normalized spacial score (nSPS) is 19.9. The summed E-state index contributed by atoms with van der Waals surface area (Å²) in [5.41, 5.74) is 1.67. The number of amides is 1. The Morgan fingerprint density at radius 3 is 2.48 bits per heavy atom. The summed E-state index contributed by atoms with van der Waals surface area (Å²) in [6.07, 6.45) is 2.94. The van der Waals surface area contributed by atoms with Gasteiger partial charge in [-0.2, -0.15) is 4.72 Å². The van der Waals surface area contributed by atoms with Crippen molar-refractivity contribution >= 4 is 50.0 Å². The second-order valence-electron chi connectivity index (χ2n) is 12.4. The Balaban J connectivity index is 1.25. The van der Waals surface area contributed by atoms with Crippen molar-refractivity contribution in [1.82, 2.24) is 14.6 Å². The van der Waals surface area contributed by atoms with Gasteiger partial charge in [-0.15, -0.1) is 0 Å². The van der Waals surface area contributed by atoms with E-state index in [9.17, 15) is 13.2 Å². The molecule has 0 unspecified atom stereocenters. The van der Waals surface area contributed by atoms with Crippen LogP contribution < -0.4 is 9.46 Å². The van der Waals surface area contributed by atoms with Crippen LogP contribution >= 0.6 is 23.2 Å². The van der Waals surface area contributed by atoms with E-state index in [0.717, 1.165) is 47.3 Å². The highest BCUT2D eigenvalue weighted by atomic mass is 35.5. The molecule has 0 atom stereocenters. The molecule has 1 N–H and O–H groups in total. The van der Waals surface area contributed by atoms with Crippen molar-refractivity contribution in [3.05, 3.63) is 63.3 Å². The zero-order chi connectivity index (χ0) is 31.1. The molecule has 3 aliphatic rings. The first-order valence-electron chi connectivity index (χ1n) is 15.3. The lowest BCUT2D eigenvalue weighted by Crippen LogP contribution is -2.66. The van der Waals surface area contributed by atoms with Gasteiger partial charge in [-0.3, -0.25) is 4.79 Å². The van der Waals surface area contributed by atoms with Crippen LogP contribution in [0.2, 0.25) is 10.0 Å². The van der Waals surface area contributed by atoms with Crippen molar-refractivity contribution in [2.24, 2.45) is 0 Å². The Bertz CT molecular complexity index is 1680. The van der Waals surface area contributed by atoms with E-state index in [1.165, 1.54) is 25.0 Å². The summed E-state index contributed by atoms with van der Waals surface area (Å²) in [6, 6.07) is 10.6. The van der Waals surface area contributed by atoms with Gasteiger partial charge >= 0.3 is 0 Å². The summed E-state index contributed by atoms with van der Waals surface area (Å²) < 4.78 is 43.6. The number of pyridine rings is 1. The summed E-state index contributed by atoms with van der Waals surface area (Å²) in [4.78, 5) is 20.4. The molecule has 2 aromatic carbocycles. The van der Waals surface area contributed by atoms with E-state index in [0.29, 0.717) is 29.9 Å². The number of ether oxygens (including phenoxy) is 2. The Kier molecular flexibility index (Phi) is 8.86. The number of fused-ring (bicyclic) bond motifs is 1. The number of rotatable bonds is 7. The van der Waals surface area contributed by atoms with Gasteiger partial charge in [0.2, 0.25) is 15.9 Å². The van der Waals surface area contributed by atoms with Crippen molar-refractivity contribution < 1.29 is 27.2 Å². The summed E-state index contributed by atoms with van der Waals surface area (Å²) in [5.74, 6) is 0.350. The van der Waals surface area contributed by atoms with Gasteiger partial charge in [-0.25, -0.2) is 13.4 Å². The van der Waals surface area contributed by atoms with Crippen LogP contribution in [0.3, 0.4) is 0 Å². The zero-order valence-corrected chi connectivity index (χ0v) is 27.5. The average Bonchev–Trinajstić information content (AvgIpc) is 3.45. The lowest BCUT2D eigenvalue weighted by molar-refractivity contribution is -0.920. The van der Waals surface area contributed by atoms with E-state index in [-0.39, 0.29) is 53.5 Å². The number of carbonyl (C=O) groups excluding carboxylic acids is 1. The van der Waals surface area contributed by atoms with Crippen LogP contribution in [-0.2, 0) is 26.2 Å². The first-order chi connectivity index (χ1) is 21.0. The molecule has 3 fully saturated rings. The number of piperazine rings is 1. The fourth-order valence-corrected chi connectivity index (χ4v) is 9.28. The third-order valence-electron chi connectivity index (χ3n) is 9.53. The second-order valence-corrected chi connectivity index (χ2v) is 14.8. The number of quaternary nitrogens is 1. The van der Waals surface area contributed by atoms with Crippen molar-refractivity contribution in [3.63, 3.8) is 0 Å². The summed E-state index contributed by atoms with van der Waals surface area (Å²) in [5, 5.41) is 1.20. The molecule has 12 heteroatoms. The first kappa shape index (κ1) is 31.5. The standard InChI is InChI=1S/C32H39Cl2N4O5S/c1-22-20-23(2)35-30-24(22)6-5-7-27(30)43-21-25-26(33)8-9-28(29(25)34)44(40,41)36-32(10-18-42-19-11-32)31(39)37-12-16-38(17-13-37)14-3-4-15-38/h5-9,20,36H,3-4,10-19,21H2,1-2H3/q+1. The van der Waals surface area contributed by atoms with Crippen molar-refractivity contribution in [2.75, 3.05) is 52.5 Å². The smallest absolute Gasteiger partial charge is 0.244 e.